The number of amides is 2. The van der Waals surface area contributed by atoms with E-state index in [4.69, 9.17) is 0 Å². The van der Waals surface area contributed by atoms with Crippen LogP contribution in [0.2, 0.25) is 0 Å². The smallest absolute Gasteiger partial charge is 0.244 e. The van der Waals surface area contributed by atoms with Gasteiger partial charge < -0.3 is 10.2 Å². The second kappa shape index (κ2) is 7.64. The number of hydrogen-bond donors (Lipinski definition) is 1. The standard InChI is InChI=1S/C20H20F2N2O2/c1-2-3-4-19(26)24-12-18(25)23-17-10-9-15(22)11-16(17)20(24)13-5-7-14(21)8-6-13/h5-11,20H,2-4,12H2,1H3,(H,23,25)/t20-/m1/s1. The van der Waals surface area contributed by atoms with E-state index < -0.39 is 17.7 Å². The molecule has 3 rings (SSSR count). The molecule has 2 aromatic rings. The number of fused-ring (bicyclic) bond motifs is 1. The van der Waals surface area contributed by atoms with Gasteiger partial charge in [0, 0.05) is 17.7 Å². The van der Waals surface area contributed by atoms with Gasteiger partial charge in [-0.15, -0.1) is 0 Å². The zero-order chi connectivity index (χ0) is 18.7. The van der Waals surface area contributed by atoms with Gasteiger partial charge >= 0.3 is 0 Å². The predicted octanol–water partition coefficient (Wildman–Crippen LogP) is 4.03. The average molecular weight is 358 g/mol. The van der Waals surface area contributed by atoms with Crippen molar-refractivity contribution in [1.29, 1.82) is 0 Å². The first-order valence-electron chi connectivity index (χ1n) is 8.64. The summed E-state index contributed by atoms with van der Waals surface area (Å²) in [6.07, 6.45) is 1.84. The van der Waals surface area contributed by atoms with E-state index in [0.717, 1.165) is 6.42 Å². The molecule has 1 N–H and O–H groups in total. The lowest BCUT2D eigenvalue weighted by molar-refractivity contribution is -0.136. The van der Waals surface area contributed by atoms with Crippen molar-refractivity contribution in [2.75, 3.05) is 11.9 Å². The van der Waals surface area contributed by atoms with Crippen LogP contribution in [0.4, 0.5) is 14.5 Å². The van der Waals surface area contributed by atoms with Gasteiger partial charge in [0.2, 0.25) is 11.8 Å². The zero-order valence-electron chi connectivity index (χ0n) is 14.5. The Morgan fingerprint density at radius 2 is 1.85 bits per heavy atom. The molecule has 2 aromatic carbocycles. The monoisotopic (exact) mass is 358 g/mol. The van der Waals surface area contributed by atoms with Crippen LogP contribution < -0.4 is 5.32 Å². The molecule has 0 spiro atoms. The summed E-state index contributed by atoms with van der Waals surface area (Å²) in [5.41, 5.74) is 1.56. The third kappa shape index (κ3) is 3.74. The molecule has 2 amide bonds. The number of nitrogens with one attached hydrogen (secondary N) is 1. The summed E-state index contributed by atoms with van der Waals surface area (Å²) in [6.45, 7) is 1.84. The third-order valence-corrected chi connectivity index (χ3v) is 4.46. The van der Waals surface area contributed by atoms with Gasteiger partial charge in [0.1, 0.15) is 18.2 Å². The van der Waals surface area contributed by atoms with Crippen LogP contribution >= 0.6 is 0 Å². The quantitative estimate of drug-likeness (QED) is 0.897. The second-order valence-corrected chi connectivity index (χ2v) is 6.36. The zero-order valence-corrected chi connectivity index (χ0v) is 14.5. The molecule has 0 aliphatic carbocycles. The van der Waals surface area contributed by atoms with E-state index in [2.05, 4.69) is 5.32 Å². The van der Waals surface area contributed by atoms with Crippen molar-refractivity contribution in [1.82, 2.24) is 4.90 Å². The first-order chi connectivity index (χ1) is 12.5. The van der Waals surface area contributed by atoms with Gasteiger partial charge in [-0.05, 0) is 42.3 Å². The molecule has 1 atom stereocenters. The Kier molecular flexibility index (Phi) is 5.30. The molecule has 1 heterocycles. The molecule has 6 heteroatoms. The summed E-state index contributed by atoms with van der Waals surface area (Å²) < 4.78 is 27.3. The van der Waals surface area contributed by atoms with Crippen molar-refractivity contribution in [2.45, 2.75) is 32.2 Å². The van der Waals surface area contributed by atoms with E-state index in [-0.39, 0.29) is 18.4 Å². The van der Waals surface area contributed by atoms with Crippen molar-refractivity contribution >= 4 is 17.5 Å². The molecular formula is C20H20F2N2O2. The van der Waals surface area contributed by atoms with Gasteiger partial charge in [-0.1, -0.05) is 25.5 Å². The van der Waals surface area contributed by atoms with Gasteiger partial charge in [0.15, 0.2) is 0 Å². The molecular weight excluding hydrogens is 338 g/mol. The van der Waals surface area contributed by atoms with E-state index in [1.54, 1.807) is 12.1 Å². The van der Waals surface area contributed by atoms with Crippen molar-refractivity contribution in [3.63, 3.8) is 0 Å². The van der Waals surface area contributed by atoms with Gasteiger partial charge in [0.05, 0.1) is 6.04 Å². The fourth-order valence-corrected chi connectivity index (χ4v) is 3.19. The lowest BCUT2D eigenvalue weighted by atomic mass is 9.95. The maximum absolute atomic E-state index is 13.9. The summed E-state index contributed by atoms with van der Waals surface area (Å²) >= 11 is 0. The van der Waals surface area contributed by atoms with E-state index >= 15 is 0 Å². The van der Waals surface area contributed by atoms with E-state index in [1.165, 1.54) is 35.2 Å². The molecule has 136 valence electrons. The molecule has 0 unspecified atom stereocenters. The van der Waals surface area contributed by atoms with Crippen LogP contribution in [0, 0.1) is 11.6 Å². The minimum Gasteiger partial charge on any atom is -0.324 e. The summed E-state index contributed by atoms with van der Waals surface area (Å²) in [5, 5.41) is 2.73. The molecule has 1 aliphatic heterocycles. The Bertz CT molecular complexity index is 821. The van der Waals surface area contributed by atoms with Crippen LogP contribution in [0.3, 0.4) is 0 Å². The van der Waals surface area contributed by atoms with Crippen LogP contribution in [0.1, 0.15) is 43.4 Å². The highest BCUT2D eigenvalue weighted by atomic mass is 19.1. The second-order valence-electron chi connectivity index (χ2n) is 6.36. The van der Waals surface area contributed by atoms with Crippen LogP contribution in [0.25, 0.3) is 0 Å². The maximum Gasteiger partial charge on any atom is 0.244 e. The minimum atomic E-state index is -0.662. The highest BCUT2D eigenvalue weighted by Gasteiger charge is 2.33. The summed E-state index contributed by atoms with van der Waals surface area (Å²) in [7, 11) is 0. The normalized spacial score (nSPS) is 16.7. The van der Waals surface area contributed by atoms with Crippen molar-refractivity contribution in [3.8, 4) is 0 Å². The average Bonchev–Trinajstić information content (AvgIpc) is 2.76. The molecule has 0 radical (unpaired) electrons. The first-order valence-corrected chi connectivity index (χ1v) is 8.64. The van der Waals surface area contributed by atoms with Crippen LogP contribution in [-0.2, 0) is 9.59 Å². The summed E-state index contributed by atoms with van der Waals surface area (Å²) in [5.74, 6) is -1.39. The van der Waals surface area contributed by atoms with Crippen LogP contribution in [0.15, 0.2) is 42.5 Å². The van der Waals surface area contributed by atoms with E-state index in [1.807, 2.05) is 6.92 Å². The Labute approximate surface area is 150 Å². The van der Waals surface area contributed by atoms with Crippen molar-refractivity contribution in [3.05, 3.63) is 65.2 Å². The number of carbonyl (C=O) groups is 2. The van der Waals surface area contributed by atoms with Crippen LogP contribution in [0.5, 0.6) is 0 Å². The number of rotatable bonds is 4. The molecule has 26 heavy (non-hydrogen) atoms. The summed E-state index contributed by atoms with van der Waals surface area (Å²) in [6, 6.07) is 9.11. The number of unbranched alkanes of at least 4 members (excludes halogenated alkanes) is 1. The van der Waals surface area contributed by atoms with Gasteiger partial charge in [-0.25, -0.2) is 8.78 Å². The largest absolute Gasteiger partial charge is 0.324 e. The summed E-state index contributed by atoms with van der Waals surface area (Å²) in [4.78, 5) is 26.5. The molecule has 0 aromatic heterocycles. The first kappa shape index (κ1) is 18.0. The van der Waals surface area contributed by atoms with Gasteiger partial charge in [-0.3, -0.25) is 9.59 Å². The topological polar surface area (TPSA) is 49.4 Å². The van der Waals surface area contributed by atoms with Crippen molar-refractivity contribution < 1.29 is 18.4 Å². The van der Waals surface area contributed by atoms with Crippen LogP contribution in [-0.4, -0.2) is 23.3 Å². The number of nitrogens with zero attached hydrogens (tertiary/aromatic N) is 1. The van der Waals surface area contributed by atoms with Crippen molar-refractivity contribution in [2.24, 2.45) is 0 Å². The molecule has 0 saturated carbocycles. The molecule has 0 saturated heterocycles. The highest BCUT2D eigenvalue weighted by Crippen LogP contribution is 2.36. The Balaban J connectivity index is 2.12. The molecule has 0 bridgehead atoms. The minimum absolute atomic E-state index is 0.138. The van der Waals surface area contributed by atoms with Gasteiger partial charge in [0.25, 0.3) is 0 Å². The number of halogens is 2. The lowest BCUT2D eigenvalue weighted by Gasteiger charge is -2.30. The Hall–Kier alpha value is -2.76. The van der Waals surface area contributed by atoms with E-state index in [9.17, 15) is 18.4 Å². The number of hydrogen-bond acceptors (Lipinski definition) is 2. The Morgan fingerprint density at radius 1 is 1.15 bits per heavy atom. The number of carbonyl (C=O) groups excluding carboxylic acids is 2. The SMILES string of the molecule is CCCCC(=O)N1CC(=O)Nc2ccc(F)cc2[C@H]1c1ccc(F)cc1. The number of anilines is 1. The lowest BCUT2D eigenvalue weighted by Crippen LogP contribution is -2.38. The number of benzene rings is 2. The predicted molar refractivity (Wildman–Crippen MR) is 94.5 cm³/mol. The van der Waals surface area contributed by atoms with Gasteiger partial charge in [-0.2, -0.15) is 0 Å². The maximum atomic E-state index is 13.9. The molecule has 0 fully saturated rings. The molecule has 1 aliphatic rings. The fourth-order valence-electron chi connectivity index (χ4n) is 3.19. The molecule has 4 nitrogen and oxygen atoms in total. The highest BCUT2D eigenvalue weighted by molar-refractivity contribution is 5.97. The fraction of sp³-hybridized carbons (Fsp3) is 0.300. The van der Waals surface area contributed by atoms with E-state index in [0.29, 0.717) is 29.7 Å². The third-order valence-electron chi connectivity index (χ3n) is 4.46. The Morgan fingerprint density at radius 3 is 2.54 bits per heavy atom.